The molecule has 2 amide bonds. The maximum atomic E-state index is 12.3. The van der Waals surface area contributed by atoms with Gasteiger partial charge in [-0.25, -0.2) is 0 Å². The first-order valence-corrected chi connectivity index (χ1v) is 9.69. The molecule has 154 valence electrons. The number of carbonyl (C=O) groups is 4. The van der Waals surface area contributed by atoms with Crippen molar-refractivity contribution >= 4 is 35.5 Å². The van der Waals surface area contributed by atoms with Gasteiger partial charge in [-0.15, -0.1) is 0 Å². The quantitative estimate of drug-likeness (QED) is 0.330. The molecule has 0 spiro atoms. The van der Waals surface area contributed by atoms with Crippen molar-refractivity contribution in [3.05, 3.63) is 35.9 Å². The fourth-order valence-electron chi connectivity index (χ4n) is 2.21. The van der Waals surface area contributed by atoms with Gasteiger partial charge in [0.2, 0.25) is 11.8 Å². The van der Waals surface area contributed by atoms with E-state index in [1.807, 2.05) is 37.3 Å². The van der Waals surface area contributed by atoms with Gasteiger partial charge in [0, 0.05) is 17.4 Å². The Hall–Kier alpha value is -2.59. The van der Waals surface area contributed by atoms with Crippen LogP contribution in [0.25, 0.3) is 0 Å². The second-order valence-corrected chi connectivity index (χ2v) is 7.48. The molecule has 3 atom stereocenters. The summed E-state index contributed by atoms with van der Waals surface area (Å²) in [6, 6.07) is 7.46. The number of nitrogens with two attached hydrogens (primary N) is 1. The fourth-order valence-corrected chi connectivity index (χ4v) is 3.27. The van der Waals surface area contributed by atoms with Crippen molar-refractivity contribution < 1.29 is 29.4 Å². The van der Waals surface area contributed by atoms with Crippen molar-refractivity contribution in [2.75, 3.05) is 12.3 Å². The first-order valence-electron chi connectivity index (χ1n) is 8.64. The molecule has 0 radical (unpaired) electrons. The number of carbonyl (C=O) groups excluding carboxylic acids is 2. The lowest BCUT2D eigenvalue weighted by atomic mass is 10.1. The molecule has 0 unspecified atom stereocenters. The lowest BCUT2D eigenvalue weighted by molar-refractivity contribution is -0.139. The molecule has 6 N–H and O–H groups in total. The average Bonchev–Trinajstić information content (AvgIpc) is 2.67. The van der Waals surface area contributed by atoms with Crippen molar-refractivity contribution in [2.24, 2.45) is 5.73 Å². The highest BCUT2D eigenvalue weighted by Gasteiger charge is 2.23. The van der Waals surface area contributed by atoms with Gasteiger partial charge in [0.1, 0.15) is 18.6 Å². The molecule has 0 aliphatic heterocycles. The van der Waals surface area contributed by atoms with E-state index < -0.39 is 42.4 Å². The van der Waals surface area contributed by atoms with Crippen LogP contribution in [0.4, 0.5) is 0 Å². The minimum Gasteiger partial charge on any atom is -0.480 e. The summed E-state index contributed by atoms with van der Waals surface area (Å²) in [7, 11) is 0. The standard InChI is InChI=1S/C18H25N3O6S/c1-11(12-5-3-2-4-6-12)28-10-14(17(25)20-9-16(23)24)21-15(22)8-7-13(19)18(26)27/h2-6,11,13-14H,7-10,19H2,1H3,(H,20,25)(H,21,22)(H,23,24)(H,26,27)/t11-,13-,14-/m0/s1. The number of hydrogen-bond donors (Lipinski definition) is 5. The molecule has 9 nitrogen and oxygen atoms in total. The van der Waals surface area contributed by atoms with Gasteiger partial charge in [0.05, 0.1) is 0 Å². The monoisotopic (exact) mass is 411 g/mol. The summed E-state index contributed by atoms with van der Waals surface area (Å²) in [6.45, 7) is 1.40. The number of hydrogen-bond acceptors (Lipinski definition) is 6. The second kappa shape index (κ2) is 12.0. The largest absolute Gasteiger partial charge is 0.480 e. The zero-order valence-corrected chi connectivity index (χ0v) is 16.3. The molecule has 0 aromatic heterocycles. The fraction of sp³-hybridized carbons (Fsp3) is 0.444. The number of thioether (sulfide) groups is 1. The molecule has 1 aromatic rings. The molecule has 28 heavy (non-hydrogen) atoms. The average molecular weight is 411 g/mol. The lowest BCUT2D eigenvalue weighted by Gasteiger charge is -2.20. The summed E-state index contributed by atoms with van der Waals surface area (Å²) in [5.74, 6) is -3.34. The van der Waals surface area contributed by atoms with Gasteiger partial charge in [0.15, 0.2) is 0 Å². The van der Waals surface area contributed by atoms with Crippen LogP contribution in [-0.4, -0.2) is 58.3 Å². The van der Waals surface area contributed by atoms with E-state index in [9.17, 15) is 19.2 Å². The second-order valence-electron chi connectivity index (χ2n) is 6.10. The number of amides is 2. The maximum absolute atomic E-state index is 12.3. The minimum atomic E-state index is -1.21. The lowest BCUT2D eigenvalue weighted by Crippen LogP contribution is -2.49. The zero-order chi connectivity index (χ0) is 21.1. The van der Waals surface area contributed by atoms with E-state index in [1.165, 1.54) is 11.8 Å². The number of aliphatic carboxylic acids is 2. The highest BCUT2D eigenvalue weighted by atomic mass is 32.2. The van der Waals surface area contributed by atoms with Gasteiger partial charge in [-0.1, -0.05) is 30.3 Å². The highest BCUT2D eigenvalue weighted by Crippen LogP contribution is 2.28. The molecule has 0 aliphatic rings. The first-order chi connectivity index (χ1) is 13.2. The van der Waals surface area contributed by atoms with Crippen molar-refractivity contribution in [2.45, 2.75) is 37.1 Å². The van der Waals surface area contributed by atoms with Crippen molar-refractivity contribution in [3.63, 3.8) is 0 Å². The van der Waals surface area contributed by atoms with E-state index in [0.29, 0.717) is 0 Å². The summed E-state index contributed by atoms with van der Waals surface area (Å²) in [5, 5.41) is 22.3. The zero-order valence-electron chi connectivity index (χ0n) is 15.5. The smallest absolute Gasteiger partial charge is 0.322 e. The van der Waals surface area contributed by atoms with Crippen LogP contribution >= 0.6 is 11.8 Å². The third-order valence-electron chi connectivity index (χ3n) is 3.85. The first kappa shape index (κ1) is 23.4. The van der Waals surface area contributed by atoms with Crippen molar-refractivity contribution in [1.29, 1.82) is 0 Å². The Morgan fingerprint density at radius 1 is 1.14 bits per heavy atom. The summed E-state index contributed by atoms with van der Waals surface area (Å²) in [5.41, 5.74) is 6.42. The molecule has 0 bridgehead atoms. The summed E-state index contributed by atoms with van der Waals surface area (Å²) < 4.78 is 0. The highest BCUT2D eigenvalue weighted by molar-refractivity contribution is 7.99. The Bertz CT molecular complexity index is 685. The van der Waals surface area contributed by atoms with Crippen LogP contribution < -0.4 is 16.4 Å². The Morgan fingerprint density at radius 3 is 2.36 bits per heavy atom. The topological polar surface area (TPSA) is 159 Å². The van der Waals surface area contributed by atoms with E-state index in [2.05, 4.69) is 10.6 Å². The van der Waals surface area contributed by atoms with E-state index in [1.54, 1.807) is 0 Å². The summed E-state index contributed by atoms with van der Waals surface area (Å²) >= 11 is 1.43. The molecular formula is C18H25N3O6S. The number of carboxylic acid groups (broad SMARTS) is 2. The van der Waals surface area contributed by atoms with Gasteiger partial charge < -0.3 is 26.6 Å². The van der Waals surface area contributed by atoms with Crippen LogP contribution in [0.3, 0.4) is 0 Å². The molecule has 0 saturated carbocycles. The van der Waals surface area contributed by atoms with Gasteiger partial charge in [-0.2, -0.15) is 11.8 Å². The van der Waals surface area contributed by atoms with Crippen molar-refractivity contribution in [1.82, 2.24) is 10.6 Å². The minimum absolute atomic E-state index is 0.0494. The number of rotatable bonds is 12. The van der Waals surface area contributed by atoms with Crippen LogP contribution in [0.1, 0.15) is 30.6 Å². The van der Waals surface area contributed by atoms with E-state index in [4.69, 9.17) is 15.9 Å². The van der Waals surface area contributed by atoms with Gasteiger partial charge in [0.25, 0.3) is 0 Å². The molecule has 0 heterocycles. The van der Waals surface area contributed by atoms with Gasteiger partial charge in [-0.05, 0) is 18.9 Å². The molecule has 1 rings (SSSR count). The van der Waals surface area contributed by atoms with Crippen LogP contribution in [0.5, 0.6) is 0 Å². The van der Waals surface area contributed by atoms with Crippen LogP contribution in [0.2, 0.25) is 0 Å². The molecule has 1 aromatic carbocycles. The Kier molecular flexibility index (Phi) is 10.0. The predicted molar refractivity (Wildman–Crippen MR) is 105 cm³/mol. The predicted octanol–water partition coefficient (Wildman–Crippen LogP) is 0.359. The van der Waals surface area contributed by atoms with Crippen LogP contribution in [0.15, 0.2) is 30.3 Å². The molecule has 0 aliphatic carbocycles. The van der Waals surface area contributed by atoms with E-state index >= 15 is 0 Å². The van der Waals surface area contributed by atoms with Gasteiger partial charge >= 0.3 is 11.9 Å². The van der Waals surface area contributed by atoms with E-state index in [-0.39, 0.29) is 23.8 Å². The maximum Gasteiger partial charge on any atom is 0.322 e. The number of carboxylic acids is 2. The molecular weight excluding hydrogens is 386 g/mol. The third kappa shape index (κ3) is 8.87. The number of nitrogens with one attached hydrogen (secondary N) is 2. The third-order valence-corrected chi connectivity index (χ3v) is 5.14. The Morgan fingerprint density at radius 2 is 1.79 bits per heavy atom. The van der Waals surface area contributed by atoms with E-state index in [0.717, 1.165) is 5.56 Å². The Balaban J connectivity index is 2.67. The SMILES string of the molecule is C[C@H](SC[C@H](NC(=O)CC[C@H](N)C(=O)O)C(=O)NCC(=O)O)c1ccccc1. The molecule has 0 fully saturated rings. The molecule has 10 heteroatoms. The Labute approximate surface area is 167 Å². The van der Waals surface area contributed by atoms with Crippen molar-refractivity contribution in [3.8, 4) is 0 Å². The summed E-state index contributed by atoms with van der Waals surface area (Å²) in [4.78, 5) is 45.7. The number of benzene rings is 1. The van der Waals surface area contributed by atoms with Crippen LogP contribution in [-0.2, 0) is 19.2 Å². The summed E-state index contributed by atoms with van der Waals surface area (Å²) in [6.07, 6.45) is -0.229. The van der Waals surface area contributed by atoms with Gasteiger partial charge in [-0.3, -0.25) is 19.2 Å². The molecule has 0 saturated heterocycles. The normalized spacial score (nSPS) is 13.8. The van der Waals surface area contributed by atoms with Crippen LogP contribution in [0, 0.1) is 0 Å².